The molecule has 0 saturated carbocycles. The number of rotatable bonds is 13. The Labute approximate surface area is 176 Å². The first-order chi connectivity index (χ1) is 14.1. The molecular formula is C21H29N3O4S. The molecule has 0 saturated heterocycles. The summed E-state index contributed by atoms with van der Waals surface area (Å²) in [5.41, 5.74) is 0.520. The van der Waals surface area contributed by atoms with Gasteiger partial charge in [0.1, 0.15) is 12.3 Å². The highest BCUT2D eigenvalue weighted by atomic mass is 32.1. The van der Waals surface area contributed by atoms with Crippen molar-refractivity contribution in [3.8, 4) is 5.75 Å². The maximum absolute atomic E-state index is 13.0. The van der Waals surface area contributed by atoms with Gasteiger partial charge in [0.25, 0.3) is 5.91 Å². The topological polar surface area (TPSA) is 80.8 Å². The Hall–Kier alpha value is -2.45. The van der Waals surface area contributed by atoms with Gasteiger partial charge < -0.3 is 19.7 Å². The van der Waals surface area contributed by atoms with Crippen molar-refractivity contribution in [2.45, 2.75) is 33.1 Å². The van der Waals surface area contributed by atoms with Gasteiger partial charge in [0.15, 0.2) is 5.13 Å². The van der Waals surface area contributed by atoms with E-state index < -0.39 is 0 Å². The van der Waals surface area contributed by atoms with Crippen LogP contribution in [0.3, 0.4) is 0 Å². The fourth-order valence-corrected chi connectivity index (χ4v) is 3.13. The molecule has 0 radical (unpaired) electrons. The van der Waals surface area contributed by atoms with E-state index in [1.54, 1.807) is 35.8 Å². The van der Waals surface area contributed by atoms with Crippen molar-refractivity contribution in [3.05, 3.63) is 41.4 Å². The standard InChI is InChI=1S/C21H29N3O4S/c1-3-5-14-28-18-9-7-17(8-10-18)20(26)24(12-6-13-27-4-2)16-19(25)23-21-22-11-15-29-21/h7-11,15H,3-6,12-14,16H2,1-2H3,(H,22,23,25). The van der Waals surface area contributed by atoms with E-state index in [2.05, 4.69) is 17.2 Å². The van der Waals surface area contributed by atoms with E-state index in [9.17, 15) is 9.59 Å². The lowest BCUT2D eigenvalue weighted by Crippen LogP contribution is -2.39. The van der Waals surface area contributed by atoms with Gasteiger partial charge >= 0.3 is 0 Å². The first-order valence-electron chi connectivity index (χ1n) is 9.93. The molecule has 8 heteroatoms. The van der Waals surface area contributed by atoms with E-state index in [4.69, 9.17) is 9.47 Å². The van der Waals surface area contributed by atoms with Gasteiger partial charge in [0.05, 0.1) is 6.61 Å². The number of ether oxygens (including phenoxy) is 2. The van der Waals surface area contributed by atoms with Crippen molar-refractivity contribution < 1.29 is 19.1 Å². The summed E-state index contributed by atoms with van der Waals surface area (Å²) in [5, 5.41) is 5.02. The number of nitrogens with zero attached hydrogens (tertiary/aromatic N) is 2. The van der Waals surface area contributed by atoms with Crippen LogP contribution in [-0.4, -0.2) is 54.6 Å². The highest BCUT2D eigenvalue weighted by molar-refractivity contribution is 7.13. The molecule has 7 nitrogen and oxygen atoms in total. The quantitative estimate of drug-likeness (QED) is 0.499. The lowest BCUT2D eigenvalue weighted by molar-refractivity contribution is -0.116. The van der Waals surface area contributed by atoms with E-state index in [1.807, 2.05) is 6.92 Å². The van der Waals surface area contributed by atoms with Crippen LogP contribution in [0.2, 0.25) is 0 Å². The molecule has 0 aliphatic rings. The average molecular weight is 420 g/mol. The Kier molecular flexibility index (Phi) is 10.2. The van der Waals surface area contributed by atoms with Crippen molar-refractivity contribution >= 4 is 28.3 Å². The van der Waals surface area contributed by atoms with E-state index in [0.29, 0.717) is 43.5 Å². The predicted molar refractivity (Wildman–Crippen MR) is 115 cm³/mol. The summed E-state index contributed by atoms with van der Waals surface area (Å²) in [6.45, 7) is 6.24. The van der Waals surface area contributed by atoms with E-state index in [0.717, 1.165) is 18.6 Å². The lowest BCUT2D eigenvalue weighted by Gasteiger charge is -2.22. The van der Waals surface area contributed by atoms with Crippen LogP contribution in [0.25, 0.3) is 0 Å². The zero-order chi connectivity index (χ0) is 20.9. The minimum Gasteiger partial charge on any atom is -0.494 e. The lowest BCUT2D eigenvalue weighted by atomic mass is 10.2. The number of aromatic nitrogens is 1. The normalized spacial score (nSPS) is 10.6. The Morgan fingerprint density at radius 3 is 2.59 bits per heavy atom. The summed E-state index contributed by atoms with van der Waals surface area (Å²) in [6, 6.07) is 7.05. The van der Waals surface area contributed by atoms with Gasteiger partial charge in [-0.25, -0.2) is 4.98 Å². The van der Waals surface area contributed by atoms with Crippen LogP contribution in [0, 0.1) is 0 Å². The van der Waals surface area contributed by atoms with Crippen molar-refractivity contribution in [2.75, 3.05) is 38.2 Å². The van der Waals surface area contributed by atoms with Gasteiger partial charge in [-0.1, -0.05) is 13.3 Å². The molecule has 2 rings (SSSR count). The molecule has 0 aliphatic carbocycles. The second-order valence-corrected chi connectivity index (χ2v) is 7.28. The SMILES string of the molecule is CCCCOc1ccc(C(=O)N(CCCOCC)CC(=O)Nc2nccs2)cc1. The summed E-state index contributed by atoms with van der Waals surface area (Å²) >= 11 is 1.34. The molecule has 1 aromatic carbocycles. The summed E-state index contributed by atoms with van der Waals surface area (Å²) < 4.78 is 11.0. The molecule has 0 atom stereocenters. The molecule has 0 aliphatic heterocycles. The summed E-state index contributed by atoms with van der Waals surface area (Å²) in [6.07, 6.45) is 4.33. The van der Waals surface area contributed by atoms with Gasteiger partial charge in [0.2, 0.25) is 5.91 Å². The number of hydrogen-bond donors (Lipinski definition) is 1. The molecule has 1 N–H and O–H groups in total. The Morgan fingerprint density at radius 1 is 1.14 bits per heavy atom. The van der Waals surface area contributed by atoms with Crippen LogP contribution in [0.15, 0.2) is 35.8 Å². The average Bonchev–Trinajstić information content (AvgIpc) is 3.23. The Morgan fingerprint density at radius 2 is 1.93 bits per heavy atom. The molecule has 2 amide bonds. The minimum atomic E-state index is -0.274. The van der Waals surface area contributed by atoms with E-state index in [1.165, 1.54) is 16.2 Å². The summed E-state index contributed by atoms with van der Waals surface area (Å²) in [4.78, 5) is 30.9. The number of hydrogen-bond acceptors (Lipinski definition) is 6. The number of thiazole rings is 1. The van der Waals surface area contributed by atoms with E-state index in [-0.39, 0.29) is 18.4 Å². The van der Waals surface area contributed by atoms with Crippen LogP contribution in [0.1, 0.15) is 43.5 Å². The van der Waals surface area contributed by atoms with Crippen LogP contribution >= 0.6 is 11.3 Å². The second-order valence-electron chi connectivity index (χ2n) is 6.39. The van der Waals surface area contributed by atoms with E-state index >= 15 is 0 Å². The number of amides is 2. The predicted octanol–water partition coefficient (Wildman–Crippen LogP) is 3.83. The number of unbranched alkanes of at least 4 members (excludes halogenated alkanes) is 1. The van der Waals surface area contributed by atoms with Gasteiger partial charge in [-0.05, 0) is 44.0 Å². The maximum Gasteiger partial charge on any atom is 0.254 e. The van der Waals surface area contributed by atoms with Crippen molar-refractivity contribution in [2.24, 2.45) is 0 Å². The Bertz CT molecular complexity index is 735. The van der Waals surface area contributed by atoms with Gasteiger partial charge in [0, 0.05) is 36.9 Å². The van der Waals surface area contributed by atoms with Crippen molar-refractivity contribution in [1.82, 2.24) is 9.88 Å². The van der Waals surface area contributed by atoms with Crippen LogP contribution in [0.5, 0.6) is 5.75 Å². The molecule has 2 aromatic rings. The zero-order valence-corrected chi connectivity index (χ0v) is 17.9. The zero-order valence-electron chi connectivity index (χ0n) is 17.1. The molecule has 0 fully saturated rings. The third-order valence-electron chi connectivity index (χ3n) is 4.09. The third kappa shape index (κ3) is 8.21. The molecule has 29 heavy (non-hydrogen) atoms. The fourth-order valence-electron chi connectivity index (χ4n) is 2.58. The maximum atomic E-state index is 13.0. The molecular weight excluding hydrogens is 390 g/mol. The third-order valence-corrected chi connectivity index (χ3v) is 4.78. The van der Waals surface area contributed by atoms with Gasteiger partial charge in [-0.2, -0.15) is 0 Å². The van der Waals surface area contributed by atoms with Crippen molar-refractivity contribution in [1.29, 1.82) is 0 Å². The number of carbonyl (C=O) groups is 2. The summed E-state index contributed by atoms with van der Waals surface area (Å²) in [5.74, 6) is 0.263. The van der Waals surface area contributed by atoms with Crippen molar-refractivity contribution in [3.63, 3.8) is 0 Å². The van der Waals surface area contributed by atoms with Crippen LogP contribution < -0.4 is 10.1 Å². The molecule has 1 heterocycles. The molecule has 1 aromatic heterocycles. The van der Waals surface area contributed by atoms with Crippen LogP contribution in [-0.2, 0) is 9.53 Å². The monoisotopic (exact) mass is 419 g/mol. The first kappa shape index (κ1) is 22.8. The number of anilines is 1. The minimum absolute atomic E-state index is 0.0424. The number of carbonyl (C=O) groups excluding carboxylic acids is 2. The first-order valence-corrected chi connectivity index (χ1v) is 10.8. The highest BCUT2D eigenvalue weighted by Gasteiger charge is 2.19. The van der Waals surface area contributed by atoms with Gasteiger partial charge in [-0.15, -0.1) is 11.3 Å². The fraction of sp³-hybridized carbons (Fsp3) is 0.476. The Balaban J connectivity index is 1.99. The van der Waals surface area contributed by atoms with Gasteiger partial charge in [-0.3, -0.25) is 9.59 Å². The molecule has 158 valence electrons. The summed E-state index contributed by atoms with van der Waals surface area (Å²) in [7, 11) is 0. The second kappa shape index (κ2) is 12.9. The smallest absolute Gasteiger partial charge is 0.254 e. The number of benzene rings is 1. The molecule has 0 bridgehead atoms. The highest BCUT2D eigenvalue weighted by Crippen LogP contribution is 2.15. The number of nitrogens with one attached hydrogen (secondary N) is 1. The molecule has 0 spiro atoms. The largest absolute Gasteiger partial charge is 0.494 e. The molecule has 0 unspecified atom stereocenters. The van der Waals surface area contributed by atoms with Crippen LogP contribution in [0.4, 0.5) is 5.13 Å².